The van der Waals surface area contributed by atoms with Gasteiger partial charge in [0.05, 0.1) is 18.3 Å². The molecule has 12 heavy (non-hydrogen) atoms. The molecule has 5 N–H and O–H groups in total. The van der Waals surface area contributed by atoms with Gasteiger partial charge in [0.15, 0.2) is 0 Å². The maximum Gasteiger partial charge on any atom is 0.0956 e. The van der Waals surface area contributed by atoms with Crippen LogP contribution in [0.1, 0.15) is 13.8 Å². The zero-order valence-corrected chi connectivity index (χ0v) is 7.38. The van der Waals surface area contributed by atoms with Crippen molar-refractivity contribution in [2.75, 3.05) is 0 Å². The molecule has 72 valence electrons. The molecule has 1 aliphatic carbocycles. The van der Waals surface area contributed by atoms with E-state index in [1.165, 1.54) is 0 Å². The highest BCUT2D eigenvalue weighted by atomic mass is 16.3. The first-order valence-electron chi connectivity index (χ1n) is 4.26. The van der Waals surface area contributed by atoms with Crippen LogP contribution in [0.15, 0.2) is 0 Å². The van der Waals surface area contributed by atoms with Gasteiger partial charge in [0.25, 0.3) is 0 Å². The Balaban J connectivity index is 2.76. The molecule has 0 aromatic heterocycles. The van der Waals surface area contributed by atoms with E-state index < -0.39 is 24.4 Å². The minimum atomic E-state index is -0.918. The fraction of sp³-hybridized carbons (Fsp3) is 1.00. The molecule has 1 fully saturated rings. The Morgan fingerprint density at radius 3 is 1.83 bits per heavy atom. The zero-order chi connectivity index (χ0) is 9.46. The smallest absolute Gasteiger partial charge is 0.0956 e. The summed E-state index contributed by atoms with van der Waals surface area (Å²) in [4.78, 5) is 0. The van der Waals surface area contributed by atoms with Crippen LogP contribution in [0, 0.1) is 11.8 Å². The van der Waals surface area contributed by atoms with Gasteiger partial charge in [-0.2, -0.15) is 0 Å². The maximum absolute atomic E-state index is 9.55. The summed E-state index contributed by atoms with van der Waals surface area (Å²) < 4.78 is 0. The van der Waals surface area contributed by atoms with Crippen LogP contribution in [0.2, 0.25) is 0 Å². The van der Waals surface area contributed by atoms with E-state index in [4.69, 9.17) is 5.73 Å². The van der Waals surface area contributed by atoms with Gasteiger partial charge >= 0.3 is 0 Å². The van der Waals surface area contributed by atoms with Crippen molar-refractivity contribution in [3.63, 3.8) is 0 Å². The predicted octanol–water partition coefficient (Wildman–Crippen LogP) is -1.32. The molecule has 0 amide bonds. The van der Waals surface area contributed by atoms with E-state index in [2.05, 4.69) is 0 Å². The summed E-state index contributed by atoms with van der Waals surface area (Å²) in [7, 11) is 0. The van der Waals surface area contributed by atoms with Gasteiger partial charge in [-0.15, -0.1) is 0 Å². The molecule has 4 heteroatoms. The lowest BCUT2D eigenvalue weighted by atomic mass is 9.74. The molecule has 0 spiro atoms. The first-order valence-corrected chi connectivity index (χ1v) is 4.26. The number of hydrogen-bond acceptors (Lipinski definition) is 4. The second kappa shape index (κ2) is 3.30. The third-order valence-electron chi connectivity index (χ3n) is 2.97. The highest BCUT2D eigenvalue weighted by Gasteiger charge is 2.43. The summed E-state index contributed by atoms with van der Waals surface area (Å²) in [5.41, 5.74) is 5.59. The van der Waals surface area contributed by atoms with Gasteiger partial charge < -0.3 is 21.1 Å². The first kappa shape index (κ1) is 9.92. The molecule has 0 aromatic carbocycles. The van der Waals surface area contributed by atoms with E-state index in [0.29, 0.717) is 0 Å². The van der Waals surface area contributed by atoms with E-state index >= 15 is 0 Å². The Hall–Kier alpha value is -0.160. The van der Waals surface area contributed by atoms with Gasteiger partial charge in [0, 0.05) is 17.9 Å². The van der Waals surface area contributed by atoms with Crippen LogP contribution in [-0.4, -0.2) is 39.7 Å². The molecule has 0 heterocycles. The Morgan fingerprint density at radius 1 is 0.833 bits per heavy atom. The van der Waals surface area contributed by atoms with E-state index in [0.717, 1.165) is 0 Å². The second-order valence-electron chi connectivity index (χ2n) is 3.77. The second-order valence-corrected chi connectivity index (χ2v) is 3.77. The Bertz CT molecular complexity index is 106. The number of nitrogens with two attached hydrogens (primary N) is 1. The number of aliphatic hydroxyl groups is 3. The van der Waals surface area contributed by atoms with Crippen molar-refractivity contribution >= 4 is 0 Å². The van der Waals surface area contributed by atoms with E-state index in [9.17, 15) is 15.3 Å². The number of rotatable bonds is 0. The van der Waals surface area contributed by atoms with Crippen LogP contribution in [0.5, 0.6) is 0 Å². The number of aliphatic hydroxyl groups excluding tert-OH is 3. The summed E-state index contributed by atoms with van der Waals surface area (Å²) >= 11 is 0. The molecule has 1 rings (SSSR count). The first-order chi connectivity index (χ1) is 5.46. The average molecular weight is 175 g/mol. The Morgan fingerprint density at radius 2 is 1.33 bits per heavy atom. The van der Waals surface area contributed by atoms with Crippen LogP contribution >= 0.6 is 0 Å². The minimum Gasteiger partial charge on any atom is -0.392 e. The molecular weight excluding hydrogens is 158 g/mol. The zero-order valence-electron chi connectivity index (χ0n) is 7.38. The van der Waals surface area contributed by atoms with Gasteiger partial charge in [0.1, 0.15) is 0 Å². The molecule has 6 atom stereocenters. The maximum atomic E-state index is 9.55. The number of hydrogen-bond donors (Lipinski definition) is 4. The molecule has 1 saturated carbocycles. The van der Waals surface area contributed by atoms with E-state index in [-0.39, 0.29) is 11.8 Å². The summed E-state index contributed by atoms with van der Waals surface area (Å²) in [5, 5.41) is 28.4. The monoisotopic (exact) mass is 175 g/mol. The van der Waals surface area contributed by atoms with Crippen molar-refractivity contribution in [2.24, 2.45) is 17.6 Å². The molecule has 4 nitrogen and oxygen atoms in total. The Labute approximate surface area is 72.0 Å². The van der Waals surface area contributed by atoms with Crippen LogP contribution in [0.25, 0.3) is 0 Å². The molecule has 0 saturated heterocycles. The third kappa shape index (κ3) is 1.35. The van der Waals surface area contributed by atoms with Gasteiger partial charge in [-0.05, 0) is 0 Å². The minimum absolute atomic E-state index is 0.168. The van der Waals surface area contributed by atoms with E-state index in [1.54, 1.807) is 13.8 Å². The fourth-order valence-corrected chi connectivity index (χ4v) is 1.76. The standard InChI is InChI=1S/C8H17NO3/c1-3-5(9)8(12)7(11)4(2)6(3)10/h3-8,10-12H,9H2,1-2H3. The average Bonchev–Trinajstić information content (AvgIpc) is 2.08. The highest BCUT2D eigenvalue weighted by Crippen LogP contribution is 2.28. The van der Waals surface area contributed by atoms with Crippen LogP contribution in [-0.2, 0) is 0 Å². The quantitative estimate of drug-likeness (QED) is 0.368. The molecule has 0 aromatic rings. The SMILES string of the molecule is CC1C(N)C(O)C(O)C(C)C1O. The topological polar surface area (TPSA) is 86.7 Å². The van der Waals surface area contributed by atoms with Crippen LogP contribution in [0.4, 0.5) is 0 Å². The van der Waals surface area contributed by atoms with Gasteiger partial charge in [-0.3, -0.25) is 0 Å². The van der Waals surface area contributed by atoms with Gasteiger partial charge in [-0.1, -0.05) is 13.8 Å². The molecular formula is C8H17NO3. The van der Waals surface area contributed by atoms with Crippen molar-refractivity contribution in [2.45, 2.75) is 38.2 Å². The lowest BCUT2D eigenvalue weighted by molar-refractivity contribution is -0.122. The van der Waals surface area contributed by atoms with Crippen molar-refractivity contribution < 1.29 is 15.3 Å². The summed E-state index contributed by atoms with van der Waals surface area (Å²) in [5.74, 6) is -0.479. The molecule has 0 radical (unpaired) electrons. The lowest BCUT2D eigenvalue weighted by Gasteiger charge is -2.42. The van der Waals surface area contributed by atoms with Crippen molar-refractivity contribution in [3.05, 3.63) is 0 Å². The summed E-state index contributed by atoms with van der Waals surface area (Å²) in [6, 6.07) is -0.536. The van der Waals surface area contributed by atoms with Crippen molar-refractivity contribution in [3.8, 4) is 0 Å². The van der Waals surface area contributed by atoms with Gasteiger partial charge in [0.2, 0.25) is 0 Å². The molecule has 0 aliphatic heterocycles. The molecule has 0 bridgehead atoms. The Kier molecular flexibility index (Phi) is 2.73. The normalized spacial score (nSPS) is 55.5. The fourth-order valence-electron chi connectivity index (χ4n) is 1.76. The largest absolute Gasteiger partial charge is 0.392 e. The lowest BCUT2D eigenvalue weighted by Crippen LogP contribution is -2.59. The van der Waals surface area contributed by atoms with Crippen LogP contribution < -0.4 is 5.73 Å². The van der Waals surface area contributed by atoms with Crippen molar-refractivity contribution in [1.82, 2.24) is 0 Å². The van der Waals surface area contributed by atoms with Gasteiger partial charge in [-0.25, -0.2) is 0 Å². The summed E-state index contributed by atoms with van der Waals surface area (Å²) in [6.07, 6.45) is -2.46. The van der Waals surface area contributed by atoms with E-state index in [1.807, 2.05) is 0 Å². The molecule has 1 aliphatic rings. The summed E-state index contributed by atoms with van der Waals surface area (Å²) in [6.45, 7) is 3.49. The highest BCUT2D eigenvalue weighted by molar-refractivity contribution is 4.96. The third-order valence-corrected chi connectivity index (χ3v) is 2.97. The van der Waals surface area contributed by atoms with Crippen LogP contribution in [0.3, 0.4) is 0 Å². The molecule has 6 unspecified atom stereocenters. The van der Waals surface area contributed by atoms with Crippen molar-refractivity contribution in [1.29, 1.82) is 0 Å². The predicted molar refractivity (Wildman–Crippen MR) is 44.3 cm³/mol.